The fraction of sp³-hybridized carbons (Fsp3) is 0.381. The Bertz CT molecular complexity index is 968. The van der Waals surface area contributed by atoms with Gasteiger partial charge in [-0.05, 0) is 68.3 Å². The molecule has 1 amide bonds. The van der Waals surface area contributed by atoms with Crippen LogP contribution in [-0.2, 0) is 19.6 Å². The lowest BCUT2D eigenvalue weighted by atomic mass is 10.1. The summed E-state index contributed by atoms with van der Waals surface area (Å²) in [6.07, 6.45) is 0. The van der Waals surface area contributed by atoms with Crippen LogP contribution in [0.2, 0.25) is 0 Å². The Labute approximate surface area is 172 Å². The van der Waals surface area contributed by atoms with Crippen LogP contribution < -0.4 is 10.6 Å². The molecule has 2 aromatic carbocycles. The van der Waals surface area contributed by atoms with Gasteiger partial charge in [0.05, 0.1) is 18.1 Å². The minimum atomic E-state index is -3.54. The average molecular weight is 418 g/mol. The van der Waals surface area contributed by atoms with Crippen LogP contribution in [0.25, 0.3) is 0 Å². The number of anilines is 2. The minimum Gasteiger partial charge on any atom is -0.379 e. The standard InChI is InChI=1S/C21H27N3O4S/c1-15-4-5-19(14-16(15)2)22-17(3)21(25)23-18-6-8-20(9-7-18)29(26,27)24-10-12-28-13-11-24/h4-9,14,17,22H,10-13H2,1-3H3,(H,23,25)/t17-/m0/s1. The number of hydrogen-bond acceptors (Lipinski definition) is 5. The number of hydrogen-bond donors (Lipinski definition) is 2. The van der Waals surface area contributed by atoms with Gasteiger partial charge in [-0.15, -0.1) is 0 Å². The fourth-order valence-corrected chi connectivity index (χ4v) is 4.45. The Kier molecular flexibility index (Phi) is 6.56. The molecular formula is C21H27N3O4S. The third-order valence-corrected chi connectivity index (χ3v) is 6.93. The lowest BCUT2D eigenvalue weighted by Gasteiger charge is -2.26. The van der Waals surface area contributed by atoms with Crippen molar-refractivity contribution < 1.29 is 17.9 Å². The second-order valence-electron chi connectivity index (χ2n) is 7.20. The van der Waals surface area contributed by atoms with Crippen molar-refractivity contribution in [2.75, 3.05) is 36.9 Å². The van der Waals surface area contributed by atoms with Gasteiger partial charge in [-0.2, -0.15) is 4.31 Å². The first-order valence-corrected chi connectivity index (χ1v) is 11.0. The summed E-state index contributed by atoms with van der Waals surface area (Å²) in [5.41, 5.74) is 3.77. The van der Waals surface area contributed by atoms with E-state index in [-0.39, 0.29) is 10.8 Å². The van der Waals surface area contributed by atoms with Gasteiger partial charge in [0.1, 0.15) is 6.04 Å². The summed E-state index contributed by atoms with van der Waals surface area (Å²) in [6.45, 7) is 7.35. The molecule has 156 valence electrons. The number of amides is 1. The molecule has 0 spiro atoms. The van der Waals surface area contributed by atoms with E-state index >= 15 is 0 Å². The van der Waals surface area contributed by atoms with Crippen LogP contribution >= 0.6 is 0 Å². The number of nitrogens with one attached hydrogen (secondary N) is 2. The number of nitrogens with zero attached hydrogens (tertiary/aromatic N) is 1. The van der Waals surface area contributed by atoms with Crippen molar-refractivity contribution in [3.8, 4) is 0 Å². The third-order valence-electron chi connectivity index (χ3n) is 5.01. The molecule has 1 saturated heterocycles. The topological polar surface area (TPSA) is 87.7 Å². The molecule has 0 radical (unpaired) electrons. The molecule has 0 unspecified atom stereocenters. The van der Waals surface area contributed by atoms with Crippen LogP contribution in [0, 0.1) is 13.8 Å². The van der Waals surface area contributed by atoms with Gasteiger partial charge >= 0.3 is 0 Å². The molecule has 1 fully saturated rings. The highest BCUT2D eigenvalue weighted by atomic mass is 32.2. The normalized spacial score (nSPS) is 16.2. The smallest absolute Gasteiger partial charge is 0.246 e. The van der Waals surface area contributed by atoms with Crippen molar-refractivity contribution in [3.05, 3.63) is 53.6 Å². The molecule has 0 aliphatic carbocycles. The molecule has 7 nitrogen and oxygen atoms in total. The quantitative estimate of drug-likeness (QED) is 0.755. The molecular weight excluding hydrogens is 390 g/mol. The number of morpholine rings is 1. The van der Waals surface area contributed by atoms with Gasteiger partial charge in [-0.1, -0.05) is 6.07 Å². The summed E-state index contributed by atoms with van der Waals surface area (Å²) in [6, 6.07) is 11.7. The molecule has 8 heteroatoms. The summed E-state index contributed by atoms with van der Waals surface area (Å²) in [5.74, 6) is -0.202. The Morgan fingerprint density at radius 1 is 1.00 bits per heavy atom. The Balaban J connectivity index is 1.62. The number of ether oxygens (including phenoxy) is 1. The molecule has 2 N–H and O–H groups in total. The van der Waals surface area contributed by atoms with Crippen LogP contribution in [0.1, 0.15) is 18.1 Å². The predicted octanol–water partition coefficient (Wildman–Crippen LogP) is 2.76. The Morgan fingerprint density at radius 2 is 1.62 bits per heavy atom. The Hall–Kier alpha value is -2.42. The zero-order valence-corrected chi connectivity index (χ0v) is 17.8. The van der Waals surface area contributed by atoms with E-state index in [0.717, 1.165) is 11.3 Å². The number of carbonyl (C=O) groups is 1. The van der Waals surface area contributed by atoms with Gasteiger partial charge in [-0.25, -0.2) is 8.42 Å². The summed E-state index contributed by atoms with van der Waals surface area (Å²) in [4.78, 5) is 12.7. The highest BCUT2D eigenvalue weighted by Crippen LogP contribution is 2.20. The molecule has 2 aromatic rings. The van der Waals surface area contributed by atoms with E-state index in [4.69, 9.17) is 4.74 Å². The third kappa shape index (κ3) is 5.14. The van der Waals surface area contributed by atoms with E-state index < -0.39 is 16.1 Å². The zero-order chi connectivity index (χ0) is 21.0. The van der Waals surface area contributed by atoms with Gasteiger partial charge in [0.15, 0.2) is 0 Å². The lowest BCUT2D eigenvalue weighted by Crippen LogP contribution is -2.40. The van der Waals surface area contributed by atoms with Crippen LogP contribution in [0.15, 0.2) is 47.4 Å². The number of rotatable bonds is 6. The van der Waals surface area contributed by atoms with Gasteiger partial charge < -0.3 is 15.4 Å². The fourth-order valence-electron chi connectivity index (χ4n) is 3.04. The molecule has 0 saturated carbocycles. The first kappa shape index (κ1) is 21.3. The van der Waals surface area contributed by atoms with E-state index in [9.17, 15) is 13.2 Å². The largest absolute Gasteiger partial charge is 0.379 e. The number of benzene rings is 2. The zero-order valence-electron chi connectivity index (χ0n) is 16.9. The molecule has 1 atom stereocenters. The predicted molar refractivity (Wildman–Crippen MR) is 114 cm³/mol. The SMILES string of the molecule is Cc1ccc(N[C@@H](C)C(=O)Nc2ccc(S(=O)(=O)N3CCOCC3)cc2)cc1C. The molecule has 0 bridgehead atoms. The first-order valence-electron chi connectivity index (χ1n) is 9.60. The van der Waals surface area contributed by atoms with Crippen molar-refractivity contribution in [1.29, 1.82) is 0 Å². The first-order chi connectivity index (χ1) is 13.8. The second-order valence-corrected chi connectivity index (χ2v) is 9.13. The molecule has 29 heavy (non-hydrogen) atoms. The van der Waals surface area contributed by atoms with Crippen molar-refractivity contribution in [2.45, 2.75) is 31.7 Å². The number of carbonyl (C=O) groups excluding carboxylic acids is 1. The van der Waals surface area contributed by atoms with Crippen LogP contribution in [0.5, 0.6) is 0 Å². The van der Waals surface area contributed by atoms with Crippen LogP contribution in [0.3, 0.4) is 0 Å². The monoisotopic (exact) mass is 417 g/mol. The van der Waals surface area contributed by atoms with E-state index in [1.54, 1.807) is 19.1 Å². The molecule has 0 aromatic heterocycles. The highest BCUT2D eigenvalue weighted by Gasteiger charge is 2.26. The van der Waals surface area contributed by atoms with E-state index in [2.05, 4.69) is 10.6 Å². The summed E-state index contributed by atoms with van der Waals surface area (Å²) < 4.78 is 31.9. The molecule has 1 heterocycles. The van der Waals surface area contributed by atoms with Crippen molar-refractivity contribution in [2.24, 2.45) is 0 Å². The van der Waals surface area contributed by atoms with E-state index in [0.29, 0.717) is 32.0 Å². The van der Waals surface area contributed by atoms with Gasteiger partial charge in [0.25, 0.3) is 0 Å². The van der Waals surface area contributed by atoms with E-state index in [1.165, 1.54) is 22.0 Å². The highest BCUT2D eigenvalue weighted by molar-refractivity contribution is 7.89. The summed E-state index contributed by atoms with van der Waals surface area (Å²) in [5, 5.41) is 6.00. The van der Waals surface area contributed by atoms with Crippen molar-refractivity contribution >= 4 is 27.3 Å². The Morgan fingerprint density at radius 3 is 2.24 bits per heavy atom. The minimum absolute atomic E-state index is 0.202. The molecule has 1 aliphatic rings. The lowest BCUT2D eigenvalue weighted by molar-refractivity contribution is -0.116. The van der Waals surface area contributed by atoms with Gasteiger partial charge in [-0.3, -0.25) is 4.79 Å². The van der Waals surface area contributed by atoms with Gasteiger partial charge in [0.2, 0.25) is 15.9 Å². The van der Waals surface area contributed by atoms with Crippen LogP contribution in [0.4, 0.5) is 11.4 Å². The number of aryl methyl sites for hydroxylation is 2. The maximum Gasteiger partial charge on any atom is 0.246 e. The summed E-state index contributed by atoms with van der Waals surface area (Å²) >= 11 is 0. The maximum atomic E-state index is 12.7. The maximum absolute atomic E-state index is 12.7. The van der Waals surface area contributed by atoms with Crippen LogP contribution in [-0.4, -0.2) is 51.0 Å². The summed E-state index contributed by atoms with van der Waals surface area (Å²) in [7, 11) is -3.54. The molecule has 3 rings (SSSR count). The average Bonchev–Trinajstić information content (AvgIpc) is 2.72. The van der Waals surface area contributed by atoms with E-state index in [1.807, 2.05) is 32.0 Å². The second kappa shape index (κ2) is 8.94. The van der Waals surface area contributed by atoms with Crippen molar-refractivity contribution in [1.82, 2.24) is 4.31 Å². The molecule has 1 aliphatic heterocycles. The van der Waals surface area contributed by atoms with Gasteiger partial charge in [0, 0.05) is 24.5 Å². The van der Waals surface area contributed by atoms with Crippen molar-refractivity contribution in [3.63, 3.8) is 0 Å². The number of sulfonamides is 1.